The Hall–Kier alpha value is -1.61. The Morgan fingerprint density at radius 3 is 1.32 bits per heavy atom. The van der Waals surface area contributed by atoms with Crippen molar-refractivity contribution in [2.45, 2.75) is 193 Å². The van der Waals surface area contributed by atoms with Crippen molar-refractivity contribution in [3.05, 3.63) is 48.6 Å². The van der Waals surface area contributed by atoms with Crippen LogP contribution in [0.15, 0.2) is 48.6 Å². The SMILES string of the molecule is CCCCC/C=C\C/C=C\CCCCCCCCC(CCCCCCC/C=C\C/C=C\CCCCC)OC(=O)CCCNC. The summed E-state index contributed by atoms with van der Waals surface area (Å²) in [5, 5.41) is 3.12. The van der Waals surface area contributed by atoms with Crippen molar-refractivity contribution in [1.82, 2.24) is 5.32 Å². The maximum atomic E-state index is 12.4. The van der Waals surface area contributed by atoms with Crippen molar-refractivity contribution >= 4 is 5.97 Å². The minimum Gasteiger partial charge on any atom is -0.462 e. The second kappa shape index (κ2) is 37.6. The number of rotatable bonds is 34. The summed E-state index contributed by atoms with van der Waals surface area (Å²) in [6, 6.07) is 0. The maximum absolute atomic E-state index is 12.4. The Labute approximate surface area is 275 Å². The van der Waals surface area contributed by atoms with Crippen LogP contribution in [0.1, 0.15) is 187 Å². The number of hydrogen-bond donors (Lipinski definition) is 1. The van der Waals surface area contributed by atoms with Crippen LogP contribution < -0.4 is 5.32 Å². The number of carbonyl (C=O) groups is 1. The molecular formula is C41H75NO2. The number of esters is 1. The summed E-state index contributed by atoms with van der Waals surface area (Å²) in [7, 11) is 1.93. The molecule has 3 heteroatoms. The molecule has 0 saturated heterocycles. The Kier molecular flexibility index (Phi) is 36.2. The molecule has 0 bridgehead atoms. The van der Waals surface area contributed by atoms with Crippen LogP contribution in [0.4, 0.5) is 0 Å². The molecule has 0 aliphatic heterocycles. The zero-order valence-electron chi connectivity index (χ0n) is 29.8. The first-order valence-corrected chi connectivity index (χ1v) is 19.2. The Morgan fingerprint density at radius 1 is 0.523 bits per heavy atom. The van der Waals surface area contributed by atoms with E-state index in [0.717, 1.165) is 38.6 Å². The average Bonchev–Trinajstić information content (AvgIpc) is 3.02. The van der Waals surface area contributed by atoms with Crippen LogP contribution in [0.25, 0.3) is 0 Å². The number of nitrogens with one attached hydrogen (secondary N) is 1. The van der Waals surface area contributed by atoms with E-state index in [4.69, 9.17) is 4.74 Å². The molecule has 0 aromatic rings. The molecule has 0 aliphatic carbocycles. The molecule has 0 aliphatic rings. The second-order valence-electron chi connectivity index (χ2n) is 12.7. The third-order valence-corrected chi connectivity index (χ3v) is 8.31. The average molecular weight is 614 g/mol. The van der Waals surface area contributed by atoms with Crippen molar-refractivity contribution in [1.29, 1.82) is 0 Å². The van der Waals surface area contributed by atoms with E-state index in [1.165, 1.54) is 135 Å². The molecule has 0 heterocycles. The molecule has 3 nitrogen and oxygen atoms in total. The van der Waals surface area contributed by atoms with Crippen LogP contribution in [0, 0.1) is 0 Å². The molecule has 1 unspecified atom stereocenters. The van der Waals surface area contributed by atoms with Crippen LogP contribution in [0.3, 0.4) is 0 Å². The third-order valence-electron chi connectivity index (χ3n) is 8.31. The molecule has 1 atom stereocenters. The van der Waals surface area contributed by atoms with Gasteiger partial charge in [-0.2, -0.15) is 0 Å². The van der Waals surface area contributed by atoms with E-state index in [-0.39, 0.29) is 12.1 Å². The fourth-order valence-corrected chi connectivity index (χ4v) is 5.46. The normalized spacial score (nSPS) is 12.9. The van der Waals surface area contributed by atoms with Gasteiger partial charge in [-0.05, 0) is 110 Å². The van der Waals surface area contributed by atoms with E-state index in [2.05, 4.69) is 67.8 Å². The summed E-state index contributed by atoms with van der Waals surface area (Å²) >= 11 is 0. The largest absolute Gasteiger partial charge is 0.462 e. The molecule has 0 aromatic carbocycles. The highest BCUT2D eigenvalue weighted by Gasteiger charge is 2.14. The van der Waals surface area contributed by atoms with E-state index in [1.807, 2.05) is 7.05 Å². The molecule has 44 heavy (non-hydrogen) atoms. The van der Waals surface area contributed by atoms with Gasteiger partial charge >= 0.3 is 5.97 Å². The number of ether oxygens (including phenoxy) is 1. The molecule has 0 radical (unpaired) electrons. The molecule has 0 aromatic heterocycles. The lowest BCUT2D eigenvalue weighted by Crippen LogP contribution is -2.19. The van der Waals surface area contributed by atoms with Gasteiger partial charge in [0.2, 0.25) is 0 Å². The lowest BCUT2D eigenvalue weighted by atomic mass is 10.0. The molecule has 1 N–H and O–H groups in total. The van der Waals surface area contributed by atoms with Gasteiger partial charge in [0, 0.05) is 6.42 Å². The van der Waals surface area contributed by atoms with Crippen molar-refractivity contribution in [2.24, 2.45) is 0 Å². The van der Waals surface area contributed by atoms with Crippen LogP contribution in [-0.4, -0.2) is 25.7 Å². The number of allylic oxidation sites excluding steroid dienone is 8. The number of hydrogen-bond acceptors (Lipinski definition) is 3. The van der Waals surface area contributed by atoms with Gasteiger partial charge in [-0.25, -0.2) is 0 Å². The number of unbranched alkanes of at least 4 members (excludes halogenated alkanes) is 17. The first kappa shape index (κ1) is 42.4. The van der Waals surface area contributed by atoms with Crippen molar-refractivity contribution in [2.75, 3.05) is 13.6 Å². The fourth-order valence-electron chi connectivity index (χ4n) is 5.46. The summed E-state index contributed by atoms with van der Waals surface area (Å²) in [6.45, 7) is 5.39. The summed E-state index contributed by atoms with van der Waals surface area (Å²) < 4.78 is 5.95. The molecule has 0 rings (SSSR count). The predicted octanol–water partition coefficient (Wildman–Crippen LogP) is 12.9. The van der Waals surface area contributed by atoms with Gasteiger partial charge < -0.3 is 10.1 Å². The van der Waals surface area contributed by atoms with Crippen LogP contribution >= 0.6 is 0 Å². The predicted molar refractivity (Wildman–Crippen MR) is 196 cm³/mol. The van der Waals surface area contributed by atoms with E-state index in [0.29, 0.717) is 6.42 Å². The summed E-state index contributed by atoms with van der Waals surface area (Å²) in [6.07, 6.45) is 51.2. The zero-order valence-corrected chi connectivity index (χ0v) is 29.8. The Balaban J connectivity index is 3.96. The van der Waals surface area contributed by atoms with Gasteiger partial charge in [0.25, 0.3) is 0 Å². The first-order chi connectivity index (χ1) is 21.7. The minimum absolute atomic E-state index is 0.00659. The van der Waals surface area contributed by atoms with Gasteiger partial charge in [0.05, 0.1) is 0 Å². The lowest BCUT2D eigenvalue weighted by Gasteiger charge is -2.18. The van der Waals surface area contributed by atoms with Gasteiger partial charge in [-0.1, -0.05) is 133 Å². The monoisotopic (exact) mass is 614 g/mol. The minimum atomic E-state index is -0.00659. The Bertz CT molecular complexity index is 693. The van der Waals surface area contributed by atoms with Crippen molar-refractivity contribution in [3.8, 4) is 0 Å². The maximum Gasteiger partial charge on any atom is 0.306 e. The highest BCUT2D eigenvalue weighted by molar-refractivity contribution is 5.69. The lowest BCUT2D eigenvalue weighted by molar-refractivity contribution is -0.150. The van der Waals surface area contributed by atoms with Crippen molar-refractivity contribution in [3.63, 3.8) is 0 Å². The van der Waals surface area contributed by atoms with Crippen LogP contribution in [0.2, 0.25) is 0 Å². The molecule has 0 amide bonds. The van der Waals surface area contributed by atoms with Gasteiger partial charge in [-0.15, -0.1) is 0 Å². The van der Waals surface area contributed by atoms with E-state index in [9.17, 15) is 4.79 Å². The highest BCUT2D eigenvalue weighted by Crippen LogP contribution is 2.18. The summed E-state index contributed by atoms with van der Waals surface area (Å²) in [5.41, 5.74) is 0. The van der Waals surface area contributed by atoms with E-state index < -0.39 is 0 Å². The molecule has 0 spiro atoms. The first-order valence-electron chi connectivity index (χ1n) is 19.2. The van der Waals surface area contributed by atoms with Crippen molar-refractivity contribution < 1.29 is 9.53 Å². The number of carbonyl (C=O) groups excluding carboxylic acids is 1. The molecule has 256 valence electrons. The zero-order chi connectivity index (χ0) is 32.0. The Morgan fingerprint density at radius 2 is 0.909 bits per heavy atom. The van der Waals surface area contributed by atoms with Gasteiger partial charge in [0.1, 0.15) is 6.10 Å². The van der Waals surface area contributed by atoms with E-state index in [1.54, 1.807) is 0 Å². The van der Waals surface area contributed by atoms with Gasteiger partial charge in [-0.3, -0.25) is 4.79 Å². The topological polar surface area (TPSA) is 38.3 Å². The molecular weight excluding hydrogens is 538 g/mol. The molecule has 0 fully saturated rings. The second-order valence-corrected chi connectivity index (χ2v) is 12.7. The van der Waals surface area contributed by atoms with Crippen LogP contribution in [-0.2, 0) is 9.53 Å². The summed E-state index contributed by atoms with van der Waals surface area (Å²) in [4.78, 5) is 12.4. The standard InChI is InChI=1S/C41H75NO2/c1-4-6-8-10-12-14-16-18-20-22-24-26-28-30-32-34-37-40(44-41(43)38-35-39-42-3)36-33-31-29-27-25-23-21-19-17-15-13-11-9-7-5-2/h12-15,18-21,40,42H,4-11,16-17,22-39H2,1-3H3/b14-12-,15-13-,20-18-,21-19-. The third kappa shape index (κ3) is 34.9. The quantitative estimate of drug-likeness (QED) is 0.0446. The highest BCUT2D eigenvalue weighted by atomic mass is 16.5. The van der Waals surface area contributed by atoms with E-state index >= 15 is 0 Å². The van der Waals surface area contributed by atoms with Gasteiger partial charge in [0.15, 0.2) is 0 Å². The smallest absolute Gasteiger partial charge is 0.306 e. The summed E-state index contributed by atoms with van der Waals surface area (Å²) in [5.74, 6) is -0.00659. The van der Waals surface area contributed by atoms with Crippen LogP contribution in [0.5, 0.6) is 0 Å². The fraction of sp³-hybridized carbons (Fsp3) is 0.780. The molecule has 0 saturated carbocycles.